The molecular weight excluding hydrogens is 156 g/mol. The zero-order valence-electron chi connectivity index (χ0n) is 7.56. The van der Waals surface area contributed by atoms with Gasteiger partial charge in [-0.2, -0.15) is 0 Å². The van der Waals surface area contributed by atoms with Crippen LogP contribution in [0.25, 0.3) is 0 Å². The van der Waals surface area contributed by atoms with Gasteiger partial charge in [0, 0.05) is 5.41 Å². The molecule has 0 aromatic carbocycles. The van der Waals surface area contributed by atoms with Crippen molar-refractivity contribution in [3.8, 4) is 0 Å². The van der Waals surface area contributed by atoms with E-state index in [1.807, 2.05) is 13.8 Å². The van der Waals surface area contributed by atoms with Gasteiger partial charge >= 0.3 is 0 Å². The van der Waals surface area contributed by atoms with Gasteiger partial charge in [-0.05, 0) is 12.8 Å². The van der Waals surface area contributed by atoms with Gasteiger partial charge in [-0.15, -0.1) is 10.3 Å². The predicted molar refractivity (Wildman–Crippen MR) is 48.2 cm³/mol. The summed E-state index contributed by atoms with van der Waals surface area (Å²) in [6.07, 6.45) is 5.35. The lowest BCUT2D eigenvalue weighted by Gasteiger charge is -2.21. The molecule has 0 unspecified atom stereocenters. The minimum absolute atomic E-state index is 0.391. The van der Waals surface area contributed by atoms with Crippen LogP contribution in [-0.2, 0) is 0 Å². The van der Waals surface area contributed by atoms with E-state index in [2.05, 4.69) is 10.3 Å². The van der Waals surface area contributed by atoms with Crippen molar-refractivity contribution in [1.29, 1.82) is 0 Å². The third kappa shape index (κ3) is 2.90. The summed E-state index contributed by atoms with van der Waals surface area (Å²) >= 11 is 0. The van der Waals surface area contributed by atoms with Crippen LogP contribution in [0.3, 0.4) is 0 Å². The first kappa shape index (κ1) is 10.9. The van der Waals surface area contributed by atoms with Crippen LogP contribution < -0.4 is 0 Å². The van der Waals surface area contributed by atoms with E-state index in [1.54, 1.807) is 0 Å². The molecule has 0 aromatic rings. The Kier molecular flexibility index (Phi) is 5.08. The second-order valence-electron chi connectivity index (χ2n) is 2.83. The molecule has 0 saturated carbocycles. The largest absolute Gasteiger partial charge is 0.411 e. The van der Waals surface area contributed by atoms with Gasteiger partial charge in [-0.1, -0.05) is 20.3 Å². The highest BCUT2D eigenvalue weighted by atomic mass is 16.4. The Hall–Kier alpha value is -1.06. The molecule has 0 aliphatic rings. The second kappa shape index (κ2) is 5.57. The molecule has 0 atom stereocenters. The lowest BCUT2D eigenvalue weighted by molar-refractivity contribution is 0.306. The van der Waals surface area contributed by atoms with Gasteiger partial charge in [0.25, 0.3) is 0 Å². The molecule has 0 spiro atoms. The monoisotopic (exact) mass is 172 g/mol. The highest BCUT2D eigenvalue weighted by molar-refractivity contribution is 5.88. The molecule has 2 N–H and O–H groups in total. The molecule has 0 aliphatic carbocycles. The highest BCUT2D eigenvalue weighted by Gasteiger charge is 2.23. The maximum absolute atomic E-state index is 8.41. The van der Waals surface area contributed by atoms with Crippen LogP contribution in [0.5, 0.6) is 0 Å². The molecule has 0 saturated heterocycles. The molecule has 0 heterocycles. The molecule has 0 amide bonds. The summed E-state index contributed by atoms with van der Waals surface area (Å²) in [5, 5.41) is 22.8. The van der Waals surface area contributed by atoms with Crippen LogP contribution in [0, 0.1) is 5.41 Å². The van der Waals surface area contributed by atoms with Crippen LogP contribution in [0.4, 0.5) is 0 Å². The van der Waals surface area contributed by atoms with Crippen LogP contribution >= 0.6 is 0 Å². The Morgan fingerprint density at radius 2 is 1.67 bits per heavy atom. The van der Waals surface area contributed by atoms with E-state index in [4.69, 9.17) is 10.4 Å². The standard InChI is InChI=1S/C8H16N2O2/c1-3-5-8(4-2,6-9-11)7-10-12/h6-7,11-12H,3-5H2,1-2H3/b9-6+,10-7+. The van der Waals surface area contributed by atoms with Crippen LogP contribution in [0.2, 0.25) is 0 Å². The molecule has 0 aromatic heterocycles. The molecular formula is C8H16N2O2. The maximum Gasteiger partial charge on any atom is 0.0552 e. The SMILES string of the molecule is CCCC(/C=N/O)(/C=N/O)CC. The first-order chi connectivity index (χ1) is 5.74. The number of hydrogen-bond acceptors (Lipinski definition) is 4. The molecule has 0 radical (unpaired) electrons. The van der Waals surface area contributed by atoms with Crippen LogP contribution in [0.1, 0.15) is 33.1 Å². The number of rotatable bonds is 5. The molecule has 4 heteroatoms. The van der Waals surface area contributed by atoms with Gasteiger partial charge in [-0.3, -0.25) is 0 Å². The van der Waals surface area contributed by atoms with E-state index < -0.39 is 5.41 Å². The summed E-state index contributed by atoms with van der Waals surface area (Å²) in [7, 11) is 0. The fourth-order valence-corrected chi connectivity index (χ4v) is 1.22. The summed E-state index contributed by atoms with van der Waals surface area (Å²) < 4.78 is 0. The number of nitrogens with zero attached hydrogens (tertiary/aromatic N) is 2. The van der Waals surface area contributed by atoms with Crippen LogP contribution in [0.15, 0.2) is 10.3 Å². The molecule has 12 heavy (non-hydrogen) atoms. The molecule has 4 nitrogen and oxygen atoms in total. The van der Waals surface area contributed by atoms with E-state index in [0.717, 1.165) is 19.3 Å². The predicted octanol–water partition coefficient (Wildman–Crippen LogP) is 2.10. The molecule has 0 rings (SSSR count). The Morgan fingerprint density at radius 3 is 1.92 bits per heavy atom. The first-order valence-corrected chi connectivity index (χ1v) is 4.12. The first-order valence-electron chi connectivity index (χ1n) is 4.12. The smallest absolute Gasteiger partial charge is 0.0552 e. The summed E-state index contributed by atoms with van der Waals surface area (Å²) in [6, 6.07) is 0. The number of oxime groups is 2. The maximum atomic E-state index is 8.41. The van der Waals surface area contributed by atoms with Gasteiger partial charge in [-0.25, -0.2) is 0 Å². The average molecular weight is 172 g/mol. The topological polar surface area (TPSA) is 65.2 Å². The lowest BCUT2D eigenvalue weighted by Crippen LogP contribution is -2.23. The summed E-state index contributed by atoms with van der Waals surface area (Å²) in [6.45, 7) is 3.99. The highest BCUT2D eigenvalue weighted by Crippen LogP contribution is 2.23. The van der Waals surface area contributed by atoms with E-state index in [0.29, 0.717) is 0 Å². The fraction of sp³-hybridized carbons (Fsp3) is 0.750. The molecule has 70 valence electrons. The third-order valence-corrected chi connectivity index (χ3v) is 2.00. The van der Waals surface area contributed by atoms with Crippen molar-refractivity contribution in [2.45, 2.75) is 33.1 Å². The van der Waals surface area contributed by atoms with Crippen molar-refractivity contribution in [3.05, 3.63) is 0 Å². The van der Waals surface area contributed by atoms with Gasteiger partial charge in [0.05, 0.1) is 12.4 Å². The van der Waals surface area contributed by atoms with Crippen molar-refractivity contribution in [2.24, 2.45) is 15.7 Å². The normalized spacial score (nSPS) is 13.2. The molecule has 0 aliphatic heterocycles. The Balaban J connectivity index is 4.49. The Morgan fingerprint density at radius 1 is 1.17 bits per heavy atom. The quantitative estimate of drug-likeness (QED) is 0.379. The lowest BCUT2D eigenvalue weighted by atomic mass is 9.83. The van der Waals surface area contributed by atoms with Crippen LogP contribution in [-0.4, -0.2) is 22.8 Å². The van der Waals surface area contributed by atoms with E-state index in [1.165, 1.54) is 12.4 Å². The van der Waals surface area contributed by atoms with Crippen molar-refractivity contribution in [1.82, 2.24) is 0 Å². The Bertz CT molecular complexity index is 154. The fourth-order valence-electron chi connectivity index (χ4n) is 1.22. The molecule has 0 fully saturated rings. The number of hydrogen-bond donors (Lipinski definition) is 2. The molecule has 0 bridgehead atoms. The minimum atomic E-state index is -0.391. The van der Waals surface area contributed by atoms with Crippen molar-refractivity contribution in [2.75, 3.05) is 0 Å². The van der Waals surface area contributed by atoms with Gasteiger partial charge in [0.1, 0.15) is 0 Å². The van der Waals surface area contributed by atoms with Gasteiger partial charge < -0.3 is 10.4 Å². The third-order valence-electron chi connectivity index (χ3n) is 2.00. The average Bonchev–Trinajstić information content (AvgIpc) is 2.06. The van der Waals surface area contributed by atoms with E-state index in [9.17, 15) is 0 Å². The van der Waals surface area contributed by atoms with Crippen molar-refractivity contribution in [3.63, 3.8) is 0 Å². The van der Waals surface area contributed by atoms with E-state index in [-0.39, 0.29) is 0 Å². The van der Waals surface area contributed by atoms with Gasteiger partial charge in [0.2, 0.25) is 0 Å². The summed E-state index contributed by atoms with van der Waals surface area (Å²) in [5.74, 6) is 0. The minimum Gasteiger partial charge on any atom is -0.411 e. The summed E-state index contributed by atoms with van der Waals surface area (Å²) in [4.78, 5) is 0. The second-order valence-corrected chi connectivity index (χ2v) is 2.83. The van der Waals surface area contributed by atoms with E-state index >= 15 is 0 Å². The summed E-state index contributed by atoms with van der Waals surface area (Å²) in [5.41, 5.74) is -0.391. The van der Waals surface area contributed by atoms with Gasteiger partial charge in [0.15, 0.2) is 0 Å². The van der Waals surface area contributed by atoms with Crippen molar-refractivity contribution >= 4 is 12.4 Å². The van der Waals surface area contributed by atoms with Crippen molar-refractivity contribution < 1.29 is 10.4 Å². The Labute approximate surface area is 72.6 Å². The zero-order valence-corrected chi connectivity index (χ0v) is 7.56. The zero-order chi connectivity index (χ0) is 9.45.